The Hall–Kier alpha value is -1.40. The molecule has 0 aromatic heterocycles. The van der Waals surface area contributed by atoms with E-state index in [0.29, 0.717) is 18.5 Å². The van der Waals surface area contributed by atoms with Crippen molar-refractivity contribution in [3.63, 3.8) is 0 Å². The number of piperidine rings is 1. The van der Waals surface area contributed by atoms with E-state index in [1.54, 1.807) is 24.3 Å². The zero-order valence-corrected chi connectivity index (χ0v) is 12.9. The molecule has 21 heavy (non-hydrogen) atoms. The van der Waals surface area contributed by atoms with Crippen LogP contribution in [0.25, 0.3) is 0 Å². The molecule has 1 aliphatic heterocycles. The maximum Gasteiger partial charge on any atom is 0.322 e. The molecule has 2 unspecified atom stereocenters. The van der Waals surface area contributed by atoms with Crippen LogP contribution in [0.2, 0.25) is 0 Å². The number of nitrogens with zero attached hydrogens (tertiary/aromatic N) is 1. The van der Waals surface area contributed by atoms with Crippen molar-refractivity contribution in [3.8, 4) is 0 Å². The molecule has 0 bridgehead atoms. The minimum atomic E-state index is -3.61. The van der Waals surface area contributed by atoms with Gasteiger partial charge in [-0.15, -0.1) is 0 Å². The number of sulfonamides is 1. The summed E-state index contributed by atoms with van der Waals surface area (Å²) in [6.45, 7) is 2.31. The summed E-state index contributed by atoms with van der Waals surface area (Å²) in [5.41, 5.74) is 0.680. The van der Waals surface area contributed by atoms with Gasteiger partial charge in [0.2, 0.25) is 10.0 Å². The van der Waals surface area contributed by atoms with Crippen molar-refractivity contribution in [2.24, 2.45) is 5.92 Å². The summed E-state index contributed by atoms with van der Waals surface area (Å²) in [5.74, 6) is -0.909. The van der Waals surface area contributed by atoms with Gasteiger partial charge in [-0.05, 0) is 24.3 Å². The summed E-state index contributed by atoms with van der Waals surface area (Å²) >= 11 is 0. The number of carboxylic acid groups (broad SMARTS) is 1. The van der Waals surface area contributed by atoms with Gasteiger partial charge in [0.05, 0.1) is 5.75 Å². The van der Waals surface area contributed by atoms with Gasteiger partial charge in [0.25, 0.3) is 0 Å². The van der Waals surface area contributed by atoms with E-state index in [0.717, 1.165) is 12.8 Å². The van der Waals surface area contributed by atoms with Crippen molar-refractivity contribution in [2.75, 3.05) is 6.54 Å². The maximum atomic E-state index is 12.5. The van der Waals surface area contributed by atoms with E-state index in [-0.39, 0.29) is 11.7 Å². The highest BCUT2D eigenvalue weighted by Gasteiger charge is 2.39. The third-order valence-electron chi connectivity index (χ3n) is 4.07. The lowest BCUT2D eigenvalue weighted by Crippen LogP contribution is -2.50. The number of carboxylic acids is 1. The summed E-state index contributed by atoms with van der Waals surface area (Å²) in [5, 5.41) is 9.35. The predicted octanol–water partition coefficient (Wildman–Crippen LogP) is 2.09. The molecular formula is C15H21NO4S. The molecule has 0 saturated carbocycles. The minimum Gasteiger partial charge on any atom is -0.480 e. The van der Waals surface area contributed by atoms with Crippen LogP contribution < -0.4 is 0 Å². The SMILES string of the molecule is CCC1CCN(S(=O)(=O)Cc2ccccc2)C(C(=O)O)C1. The molecule has 0 spiro atoms. The Balaban J connectivity index is 2.19. The van der Waals surface area contributed by atoms with E-state index < -0.39 is 22.0 Å². The zero-order valence-electron chi connectivity index (χ0n) is 12.1. The first kappa shape index (κ1) is 16.0. The third-order valence-corrected chi connectivity index (χ3v) is 5.92. The van der Waals surface area contributed by atoms with Crippen LogP contribution in [0.5, 0.6) is 0 Å². The number of benzene rings is 1. The van der Waals surface area contributed by atoms with Crippen LogP contribution in [0.15, 0.2) is 30.3 Å². The largest absolute Gasteiger partial charge is 0.480 e. The van der Waals surface area contributed by atoms with Crippen molar-refractivity contribution in [3.05, 3.63) is 35.9 Å². The third kappa shape index (κ3) is 3.83. The van der Waals surface area contributed by atoms with Gasteiger partial charge in [-0.3, -0.25) is 4.79 Å². The van der Waals surface area contributed by atoms with Crippen LogP contribution >= 0.6 is 0 Å². The number of carbonyl (C=O) groups is 1. The van der Waals surface area contributed by atoms with Crippen LogP contribution in [-0.2, 0) is 20.6 Å². The molecule has 2 rings (SSSR count). The molecule has 0 radical (unpaired) electrons. The fourth-order valence-electron chi connectivity index (χ4n) is 2.81. The summed E-state index contributed by atoms with van der Waals surface area (Å²) in [4.78, 5) is 11.4. The Morgan fingerprint density at radius 1 is 1.33 bits per heavy atom. The fraction of sp³-hybridized carbons (Fsp3) is 0.533. The average molecular weight is 311 g/mol. The summed E-state index contributed by atoms with van der Waals surface area (Å²) in [6.07, 6.45) is 2.02. The highest BCUT2D eigenvalue weighted by atomic mass is 32.2. The van der Waals surface area contributed by atoms with Crippen LogP contribution in [0, 0.1) is 5.92 Å². The quantitative estimate of drug-likeness (QED) is 0.903. The molecule has 1 saturated heterocycles. The van der Waals surface area contributed by atoms with E-state index in [1.165, 1.54) is 4.31 Å². The second-order valence-corrected chi connectivity index (χ2v) is 7.43. The van der Waals surface area contributed by atoms with Crippen LogP contribution in [0.1, 0.15) is 31.7 Å². The first-order valence-corrected chi connectivity index (χ1v) is 8.81. The molecular weight excluding hydrogens is 290 g/mol. The predicted molar refractivity (Wildman–Crippen MR) is 80.2 cm³/mol. The fourth-order valence-corrected chi connectivity index (χ4v) is 4.54. The molecule has 116 valence electrons. The lowest BCUT2D eigenvalue weighted by atomic mass is 9.90. The molecule has 2 atom stereocenters. The monoisotopic (exact) mass is 311 g/mol. The molecule has 0 amide bonds. The van der Waals surface area contributed by atoms with Gasteiger partial charge in [-0.25, -0.2) is 8.42 Å². The van der Waals surface area contributed by atoms with Gasteiger partial charge < -0.3 is 5.11 Å². The molecule has 1 N–H and O–H groups in total. The van der Waals surface area contributed by atoms with Gasteiger partial charge >= 0.3 is 5.97 Å². The summed E-state index contributed by atoms with van der Waals surface area (Å²) < 4.78 is 26.2. The lowest BCUT2D eigenvalue weighted by Gasteiger charge is -2.35. The molecule has 6 heteroatoms. The van der Waals surface area contributed by atoms with E-state index in [9.17, 15) is 18.3 Å². The molecule has 1 fully saturated rings. The highest BCUT2D eigenvalue weighted by Crippen LogP contribution is 2.28. The molecule has 1 heterocycles. The Bertz CT molecular complexity index is 585. The average Bonchev–Trinajstić information content (AvgIpc) is 2.47. The smallest absolute Gasteiger partial charge is 0.322 e. The number of hydrogen-bond donors (Lipinski definition) is 1. The van der Waals surface area contributed by atoms with Crippen molar-refractivity contribution >= 4 is 16.0 Å². The second-order valence-electron chi connectivity index (χ2n) is 5.51. The summed E-state index contributed by atoms with van der Waals surface area (Å²) in [6, 6.07) is 7.93. The van der Waals surface area contributed by atoms with Gasteiger partial charge in [-0.1, -0.05) is 43.7 Å². The van der Waals surface area contributed by atoms with Crippen molar-refractivity contribution in [2.45, 2.75) is 38.0 Å². The first-order valence-electron chi connectivity index (χ1n) is 7.20. The van der Waals surface area contributed by atoms with Gasteiger partial charge in [0.15, 0.2) is 0 Å². The van der Waals surface area contributed by atoms with E-state index >= 15 is 0 Å². The molecule has 5 nitrogen and oxygen atoms in total. The van der Waals surface area contributed by atoms with Gasteiger partial charge in [-0.2, -0.15) is 4.31 Å². The topological polar surface area (TPSA) is 74.7 Å². The standard InChI is InChI=1S/C15H21NO4S/c1-2-12-8-9-16(14(10-12)15(17)18)21(19,20)11-13-6-4-3-5-7-13/h3-7,12,14H,2,8-11H2,1H3,(H,17,18). The summed E-state index contributed by atoms with van der Waals surface area (Å²) in [7, 11) is -3.61. The van der Waals surface area contributed by atoms with Crippen LogP contribution in [0.3, 0.4) is 0 Å². The van der Waals surface area contributed by atoms with Crippen LogP contribution in [-0.4, -0.2) is 36.4 Å². The second kappa shape index (κ2) is 6.58. The Labute approximate surface area is 125 Å². The Morgan fingerprint density at radius 3 is 2.57 bits per heavy atom. The molecule has 1 aromatic rings. The molecule has 1 aliphatic rings. The highest BCUT2D eigenvalue weighted by molar-refractivity contribution is 7.88. The van der Waals surface area contributed by atoms with E-state index in [4.69, 9.17) is 0 Å². The molecule has 1 aromatic carbocycles. The first-order chi connectivity index (χ1) is 9.94. The number of hydrogen-bond acceptors (Lipinski definition) is 3. The van der Waals surface area contributed by atoms with Crippen molar-refractivity contribution < 1.29 is 18.3 Å². The number of rotatable bonds is 5. The normalized spacial score (nSPS) is 23.9. The van der Waals surface area contributed by atoms with Crippen molar-refractivity contribution in [1.29, 1.82) is 0 Å². The van der Waals surface area contributed by atoms with E-state index in [2.05, 4.69) is 0 Å². The Morgan fingerprint density at radius 2 is 2.00 bits per heavy atom. The van der Waals surface area contributed by atoms with Gasteiger partial charge in [0, 0.05) is 6.54 Å². The van der Waals surface area contributed by atoms with E-state index in [1.807, 2.05) is 13.0 Å². The zero-order chi connectivity index (χ0) is 15.5. The minimum absolute atomic E-state index is 0.144. The van der Waals surface area contributed by atoms with Crippen LogP contribution in [0.4, 0.5) is 0 Å². The lowest BCUT2D eigenvalue weighted by molar-refractivity contribution is -0.143. The number of aliphatic carboxylic acids is 1. The maximum absolute atomic E-state index is 12.5. The van der Waals surface area contributed by atoms with Crippen molar-refractivity contribution in [1.82, 2.24) is 4.31 Å². The van der Waals surface area contributed by atoms with Gasteiger partial charge in [0.1, 0.15) is 6.04 Å². The Kier molecular flexibility index (Phi) is 5.00. The molecule has 0 aliphatic carbocycles.